The highest BCUT2D eigenvalue weighted by Gasteiger charge is 2.07. The lowest BCUT2D eigenvalue weighted by Crippen LogP contribution is -2.40. The molecule has 12 heavy (non-hydrogen) atoms. The molecule has 1 aliphatic carbocycles. The molecule has 1 rings (SSSR count). The first-order valence-corrected chi connectivity index (χ1v) is 4.61. The van der Waals surface area contributed by atoms with E-state index in [1.165, 1.54) is 30.5 Å². The summed E-state index contributed by atoms with van der Waals surface area (Å²) in [6, 6.07) is 0. The quantitative estimate of drug-likeness (QED) is 0.446. The van der Waals surface area contributed by atoms with Crippen LogP contribution >= 0.6 is 12.2 Å². The fourth-order valence-electron chi connectivity index (χ4n) is 1.36. The summed E-state index contributed by atoms with van der Waals surface area (Å²) < 4.78 is 0. The molecule has 0 aromatic rings. The lowest BCUT2D eigenvalue weighted by atomic mass is 9.98. The molecule has 0 aromatic carbocycles. The van der Waals surface area contributed by atoms with Gasteiger partial charge in [0.2, 0.25) is 0 Å². The van der Waals surface area contributed by atoms with Gasteiger partial charge >= 0.3 is 0 Å². The maximum Gasteiger partial charge on any atom is 0.182 e. The molecule has 0 bridgehead atoms. The van der Waals surface area contributed by atoms with Crippen molar-refractivity contribution in [3.63, 3.8) is 0 Å². The van der Waals surface area contributed by atoms with Crippen LogP contribution in [0.15, 0.2) is 11.3 Å². The Kier molecular flexibility index (Phi) is 3.34. The number of rotatable bonds is 2. The Morgan fingerprint density at radius 3 is 2.67 bits per heavy atom. The topological polar surface area (TPSA) is 50.1 Å². The average Bonchev–Trinajstić information content (AvgIpc) is 2.03. The molecule has 0 aliphatic heterocycles. The molecule has 0 saturated heterocycles. The summed E-state index contributed by atoms with van der Waals surface area (Å²) in [4.78, 5) is 0. The van der Waals surface area contributed by atoms with Crippen LogP contribution in [0.2, 0.25) is 0 Å². The fourth-order valence-corrected chi connectivity index (χ4v) is 1.41. The summed E-state index contributed by atoms with van der Waals surface area (Å²) >= 11 is 4.68. The normalized spacial score (nSPS) is 17.4. The third-order valence-electron chi connectivity index (χ3n) is 2.08. The van der Waals surface area contributed by atoms with Gasteiger partial charge in [0.15, 0.2) is 5.11 Å². The van der Waals surface area contributed by atoms with Crippen molar-refractivity contribution >= 4 is 17.3 Å². The minimum atomic E-state index is 0.292. The third-order valence-corrected chi connectivity index (χ3v) is 2.18. The zero-order valence-corrected chi connectivity index (χ0v) is 8.13. The van der Waals surface area contributed by atoms with Crippen molar-refractivity contribution in [2.75, 3.05) is 0 Å². The average molecular weight is 185 g/mol. The van der Waals surface area contributed by atoms with Gasteiger partial charge in [-0.25, -0.2) is 0 Å². The Balaban J connectivity index is 2.43. The lowest BCUT2D eigenvalue weighted by Gasteiger charge is -2.19. The number of nitrogens with two attached hydrogens (primary N) is 1. The van der Waals surface area contributed by atoms with Crippen molar-refractivity contribution in [3.05, 3.63) is 11.3 Å². The van der Waals surface area contributed by atoms with Crippen molar-refractivity contribution in [2.45, 2.75) is 32.6 Å². The van der Waals surface area contributed by atoms with Crippen molar-refractivity contribution in [1.29, 1.82) is 0 Å². The van der Waals surface area contributed by atoms with Gasteiger partial charge in [0.05, 0.1) is 0 Å². The van der Waals surface area contributed by atoms with Gasteiger partial charge in [-0.15, -0.1) is 0 Å². The number of thiocarbonyl (C=S) groups is 1. The number of hydrazine groups is 1. The van der Waals surface area contributed by atoms with E-state index in [2.05, 4.69) is 30.0 Å². The van der Waals surface area contributed by atoms with Crippen LogP contribution in [0.1, 0.15) is 32.6 Å². The molecule has 0 fully saturated rings. The van der Waals surface area contributed by atoms with Gasteiger partial charge in [-0.2, -0.15) is 0 Å². The molecule has 4 heteroatoms. The molecule has 0 atom stereocenters. The predicted molar refractivity (Wildman–Crippen MR) is 54.2 cm³/mol. The smallest absolute Gasteiger partial charge is 0.182 e. The molecule has 68 valence electrons. The second kappa shape index (κ2) is 4.30. The Bertz CT molecular complexity index is 210. The molecule has 0 aromatic heterocycles. The molecule has 1 aliphatic rings. The second-order valence-electron chi connectivity index (χ2n) is 3.08. The minimum absolute atomic E-state index is 0.292. The highest BCUT2D eigenvalue weighted by atomic mass is 32.1. The molecule has 0 amide bonds. The predicted octanol–water partition coefficient (Wildman–Crippen LogP) is 1.17. The van der Waals surface area contributed by atoms with Gasteiger partial charge in [0, 0.05) is 5.70 Å². The van der Waals surface area contributed by atoms with E-state index in [1.807, 2.05) is 0 Å². The van der Waals surface area contributed by atoms with Crippen LogP contribution in [-0.4, -0.2) is 5.11 Å². The zero-order valence-electron chi connectivity index (χ0n) is 7.31. The Morgan fingerprint density at radius 1 is 1.42 bits per heavy atom. The minimum Gasteiger partial charge on any atom is -0.375 e. The van der Waals surface area contributed by atoms with E-state index in [-0.39, 0.29) is 0 Å². The Labute approximate surface area is 78.4 Å². The van der Waals surface area contributed by atoms with Gasteiger partial charge in [-0.3, -0.25) is 5.43 Å². The molecule has 0 radical (unpaired) electrons. The van der Waals surface area contributed by atoms with E-state index < -0.39 is 0 Å². The van der Waals surface area contributed by atoms with Gasteiger partial charge < -0.3 is 11.2 Å². The fraction of sp³-hybridized carbons (Fsp3) is 0.625. The van der Waals surface area contributed by atoms with E-state index >= 15 is 0 Å². The van der Waals surface area contributed by atoms with Crippen LogP contribution in [0.4, 0.5) is 0 Å². The first-order valence-electron chi connectivity index (χ1n) is 4.20. The Hall–Kier alpha value is -0.770. The SMILES string of the molecule is CC1=C(NNC(N)=S)CCCC1. The molecule has 0 heterocycles. The van der Waals surface area contributed by atoms with Crippen LogP contribution in [0, 0.1) is 0 Å². The lowest BCUT2D eigenvalue weighted by molar-refractivity contribution is 0.602. The highest BCUT2D eigenvalue weighted by Crippen LogP contribution is 2.21. The number of hydrogen-bond acceptors (Lipinski definition) is 2. The van der Waals surface area contributed by atoms with Crippen LogP contribution in [0.3, 0.4) is 0 Å². The molecule has 3 nitrogen and oxygen atoms in total. The first kappa shape index (κ1) is 9.32. The summed E-state index contributed by atoms with van der Waals surface area (Å²) in [6.45, 7) is 2.14. The summed E-state index contributed by atoms with van der Waals surface area (Å²) in [5.41, 5.74) is 13.7. The molecule has 0 unspecified atom stereocenters. The van der Waals surface area contributed by atoms with Crippen LogP contribution in [0.5, 0.6) is 0 Å². The molecular formula is C8H15N3S. The summed E-state index contributed by atoms with van der Waals surface area (Å²) in [6.07, 6.45) is 4.82. The first-order chi connectivity index (χ1) is 5.70. The van der Waals surface area contributed by atoms with E-state index in [0.717, 1.165) is 6.42 Å². The van der Waals surface area contributed by atoms with E-state index in [0.29, 0.717) is 5.11 Å². The Morgan fingerprint density at radius 2 is 2.08 bits per heavy atom. The van der Waals surface area contributed by atoms with Crippen molar-refractivity contribution < 1.29 is 0 Å². The molecular weight excluding hydrogens is 170 g/mol. The number of hydrogen-bond donors (Lipinski definition) is 3. The maximum atomic E-state index is 5.29. The second-order valence-corrected chi connectivity index (χ2v) is 3.52. The number of nitrogens with one attached hydrogen (secondary N) is 2. The van der Waals surface area contributed by atoms with Gasteiger partial charge in [-0.05, 0) is 44.8 Å². The van der Waals surface area contributed by atoms with Crippen LogP contribution in [-0.2, 0) is 0 Å². The van der Waals surface area contributed by atoms with Crippen LogP contribution < -0.4 is 16.6 Å². The number of allylic oxidation sites excluding steroid dienone is 2. The van der Waals surface area contributed by atoms with E-state index in [4.69, 9.17) is 5.73 Å². The molecule has 4 N–H and O–H groups in total. The summed E-state index contributed by atoms with van der Waals surface area (Å²) in [5, 5.41) is 0.292. The van der Waals surface area contributed by atoms with E-state index in [9.17, 15) is 0 Å². The summed E-state index contributed by atoms with van der Waals surface area (Å²) in [7, 11) is 0. The van der Waals surface area contributed by atoms with Crippen molar-refractivity contribution in [2.24, 2.45) is 5.73 Å². The monoisotopic (exact) mass is 185 g/mol. The van der Waals surface area contributed by atoms with Gasteiger partial charge in [0.1, 0.15) is 0 Å². The zero-order chi connectivity index (χ0) is 8.97. The van der Waals surface area contributed by atoms with Crippen molar-refractivity contribution in [3.8, 4) is 0 Å². The van der Waals surface area contributed by atoms with Gasteiger partial charge in [-0.1, -0.05) is 5.57 Å². The molecule has 0 spiro atoms. The standard InChI is InChI=1S/C8H15N3S/c1-6-4-2-3-5-7(6)10-11-8(9)12/h10H,2-5H2,1H3,(H3,9,11,12). The van der Waals surface area contributed by atoms with E-state index in [1.54, 1.807) is 0 Å². The third kappa shape index (κ3) is 2.70. The maximum absolute atomic E-state index is 5.29. The molecule has 0 saturated carbocycles. The van der Waals surface area contributed by atoms with Crippen LogP contribution in [0.25, 0.3) is 0 Å². The van der Waals surface area contributed by atoms with Gasteiger partial charge in [0.25, 0.3) is 0 Å². The largest absolute Gasteiger partial charge is 0.375 e. The van der Waals surface area contributed by atoms with Crippen molar-refractivity contribution in [1.82, 2.24) is 10.9 Å². The summed E-state index contributed by atoms with van der Waals surface area (Å²) in [5.74, 6) is 0. The highest BCUT2D eigenvalue weighted by molar-refractivity contribution is 7.80.